The van der Waals surface area contributed by atoms with Gasteiger partial charge < -0.3 is 19.0 Å². The van der Waals surface area contributed by atoms with Gasteiger partial charge in [-0.15, -0.1) is 0 Å². The number of fused-ring (bicyclic) bond motifs is 1. The quantitative estimate of drug-likeness (QED) is 0.197. The third-order valence-electron chi connectivity index (χ3n) is 5.11. The number of hydrogen-bond acceptors (Lipinski definition) is 9. The molecule has 0 aliphatic heterocycles. The first-order valence-electron chi connectivity index (χ1n) is 10.6. The molecule has 0 radical (unpaired) electrons. The monoisotopic (exact) mass is 529 g/mol. The van der Waals surface area contributed by atoms with E-state index >= 15 is 0 Å². The molecule has 0 bridgehead atoms. The van der Waals surface area contributed by atoms with Crippen LogP contribution in [-0.2, 0) is 25.5 Å². The Kier molecular flexibility index (Phi) is 7.59. The van der Waals surface area contributed by atoms with Crippen LogP contribution in [0.5, 0.6) is 11.5 Å². The molecule has 10 nitrogen and oxygen atoms in total. The van der Waals surface area contributed by atoms with Crippen LogP contribution in [0.3, 0.4) is 0 Å². The molecular weight excluding hydrogens is 506 g/mol. The zero-order valence-electron chi connectivity index (χ0n) is 19.7. The SMILES string of the molecule is COc1ccc2c(=O)[nH]c(-c3ccc(OCCOS(C)(=O)=O)c(-c4ccc([S+](C)[O-])cc4)n3)nc2c1. The van der Waals surface area contributed by atoms with E-state index in [0.717, 1.165) is 6.26 Å². The van der Waals surface area contributed by atoms with E-state index in [-0.39, 0.29) is 24.6 Å². The van der Waals surface area contributed by atoms with E-state index in [0.29, 0.717) is 44.2 Å². The summed E-state index contributed by atoms with van der Waals surface area (Å²) in [5.74, 6) is 1.18. The summed E-state index contributed by atoms with van der Waals surface area (Å²) in [4.78, 5) is 25.3. The number of ether oxygens (including phenoxy) is 2. The lowest BCUT2D eigenvalue weighted by molar-refractivity contribution is 0.222. The van der Waals surface area contributed by atoms with Crippen LogP contribution in [0.1, 0.15) is 0 Å². The Hall–Kier alpha value is -3.45. The van der Waals surface area contributed by atoms with Gasteiger partial charge >= 0.3 is 0 Å². The van der Waals surface area contributed by atoms with Crippen molar-refractivity contribution in [3.63, 3.8) is 0 Å². The molecule has 2 aromatic carbocycles. The van der Waals surface area contributed by atoms with Crippen LogP contribution in [-0.4, -0.2) is 60.8 Å². The van der Waals surface area contributed by atoms with Crippen molar-refractivity contribution in [1.29, 1.82) is 0 Å². The highest BCUT2D eigenvalue weighted by Gasteiger charge is 2.15. The Morgan fingerprint density at radius 1 is 1.03 bits per heavy atom. The Labute approximate surface area is 210 Å². The van der Waals surface area contributed by atoms with Crippen LogP contribution < -0.4 is 15.0 Å². The Morgan fingerprint density at radius 2 is 1.78 bits per heavy atom. The first kappa shape index (κ1) is 25.6. The second kappa shape index (κ2) is 10.7. The van der Waals surface area contributed by atoms with Crippen molar-refractivity contribution >= 4 is 32.2 Å². The smallest absolute Gasteiger partial charge is 0.264 e. The van der Waals surface area contributed by atoms with E-state index in [4.69, 9.17) is 13.7 Å². The molecule has 188 valence electrons. The maximum absolute atomic E-state index is 12.7. The van der Waals surface area contributed by atoms with E-state index in [1.165, 1.54) is 7.11 Å². The average Bonchev–Trinajstić information content (AvgIpc) is 2.85. The van der Waals surface area contributed by atoms with E-state index in [9.17, 15) is 17.8 Å². The van der Waals surface area contributed by atoms with Crippen LogP contribution in [0.15, 0.2) is 64.3 Å². The average molecular weight is 530 g/mol. The topological polar surface area (TPSA) is 144 Å². The highest BCUT2D eigenvalue weighted by atomic mass is 32.2. The molecule has 0 aliphatic carbocycles. The van der Waals surface area contributed by atoms with Crippen molar-refractivity contribution in [3.05, 3.63) is 65.0 Å². The molecule has 0 fully saturated rings. The number of H-pyrrole nitrogens is 1. The fourth-order valence-corrected chi connectivity index (χ4v) is 4.30. The Balaban J connectivity index is 1.75. The minimum absolute atomic E-state index is 0.0387. The number of aromatic amines is 1. The second-order valence-electron chi connectivity index (χ2n) is 7.69. The van der Waals surface area contributed by atoms with Gasteiger partial charge in [-0.2, -0.15) is 8.42 Å². The number of hydrogen-bond donors (Lipinski definition) is 1. The molecule has 0 amide bonds. The van der Waals surface area contributed by atoms with Crippen LogP contribution >= 0.6 is 0 Å². The summed E-state index contributed by atoms with van der Waals surface area (Å²) in [6.07, 6.45) is 2.54. The molecule has 2 heterocycles. The lowest BCUT2D eigenvalue weighted by Crippen LogP contribution is -2.12. The van der Waals surface area contributed by atoms with Gasteiger partial charge in [-0.3, -0.25) is 8.98 Å². The fraction of sp³-hybridized carbons (Fsp3) is 0.208. The summed E-state index contributed by atoms with van der Waals surface area (Å²) < 4.78 is 50.0. The molecule has 0 aliphatic rings. The largest absolute Gasteiger partial charge is 0.612 e. The molecule has 0 spiro atoms. The minimum atomic E-state index is -3.60. The minimum Gasteiger partial charge on any atom is -0.612 e. The molecule has 4 rings (SSSR count). The lowest BCUT2D eigenvalue weighted by atomic mass is 10.1. The van der Waals surface area contributed by atoms with Crippen molar-refractivity contribution in [2.75, 3.05) is 32.8 Å². The summed E-state index contributed by atoms with van der Waals surface area (Å²) in [6.45, 7) is -0.210. The molecule has 36 heavy (non-hydrogen) atoms. The van der Waals surface area contributed by atoms with Gasteiger partial charge in [-0.05, 0) is 59.7 Å². The number of nitrogens with one attached hydrogen (secondary N) is 1. The van der Waals surface area contributed by atoms with Gasteiger partial charge in [0, 0.05) is 11.6 Å². The molecule has 2 aromatic heterocycles. The van der Waals surface area contributed by atoms with Crippen molar-refractivity contribution in [2.45, 2.75) is 4.90 Å². The van der Waals surface area contributed by atoms with Gasteiger partial charge in [-0.1, -0.05) is 0 Å². The van der Waals surface area contributed by atoms with E-state index in [1.54, 1.807) is 60.9 Å². The zero-order valence-corrected chi connectivity index (χ0v) is 21.3. The van der Waals surface area contributed by atoms with Crippen molar-refractivity contribution in [1.82, 2.24) is 15.0 Å². The Morgan fingerprint density at radius 3 is 2.44 bits per heavy atom. The third-order valence-corrected chi connectivity index (χ3v) is 6.64. The van der Waals surface area contributed by atoms with Gasteiger partial charge in [0.15, 0.2) is 10.7 Å². The van der Waals surface area contributed by atoms with Crippen LogP contribution in [0, 0.1) is 0 Å². The normalized spacial score (nSPS) is 12.4. The van der Waals surface area contributed by atoms with Gasteiger partial charge in [0.25, 0.3) is 15.7 Å². The van der Waals surface area contributed by atoms with Crippen molar-refractivity contribution in [3.8, 4) is 34.3 Å². The van der Waals surface area contributed by atoms with Crippen molar-refractivity contribution < 1.29 is 26.6 Å². The highest BCUT2D eigenvalue weighted by Crippen LogP contribution is 2.31. The third kappa shape index (κ3) is 6.02. The van der Waals surface area contributed by atoms with Gasteiger partial charge in [0.1, 0.15) is 42.4 Å². The maximum Gasteiger partial charge on any atom is 0.264 e. The summed E-state index contributed by atoms with van der Waals surface area (Å²) >= 11 is -1.15. The van der Waals surface area contributed by atoms with Crippen LogP contribution in [0.4, 0.5) is 0 Å². The Bertz CT molecular complexity index is 1550. The molecular formula is C24H23N3O7S2. The lowest BCUT2D eigenvalue weighted by Gasteiger charge is -2.13. The summed E-state index contributed by atoms with van der Waals surface area (Å²) in [7, 11) is -2.07. The van der Waals surface area contributed by atoms with E-state index < -0.39 is 21.3 Å². The number of methoxy groups -OCH3 is 1. The zero-order chi connectivity index (χ0) is 25.9. The maximum atomic E-state index is 12.7. The predicted octanol–water partition coefficient (Wildman–Crippen LogP) is 2.75. The second-order valence-corrected chi connectivity index (χ2v) is 10.7. The summed E-state index contributed by atoms with van der Waals surface area (Å²) in [6, 6.07) is 15.2. The first-order valence-corrected chi connectivity index (χ1v) is 14.0. The first-order chi connectivity index (χ1) is 17.1. The number of rotatable bonds is 9. The number of pyridine rings is 1. The molecule has 1 atom stereocenters. The van der Waals surface area contributed by atoms with Crippen LogP contribution in [0.25, 0.3) is 33.7 Å². The van der Waals surface area contributed by atoms with Gasteiger partial charge in [0.2, 0.25) is 0 Å². The summed E-state index contributed by atoms with van der Waals surface area (Å²) in [5, 5.41) is 0.411. The van der Waals surface area contributed by atoms with Crippen molar-refractivity contribution in [2.24, 2.45) is 0 Å². The number of nitrogens with zero attached hydrogens (tertiary/aromatic N) is 2. The number of aromatic nitrogens is 3. The highest BCUT2D eigenvalue weighted by molar-refractivity contribution is 7.90. The predicted molar refractivity (Wildman–Crippen MR) is 136 cm³/mol. The van der Waals surface area contributed by atoms with Crippen LogP contribution in [0.2, 0.25) is 0 Å². The molecule has 0 saturated carbocycles. The molecule has 1 N–H and O–H groups in total. The van der Waals surface area contributed by atoms with E-state index in [1.807, 2.05) is 0 Å². The fourth-order valence-electron chi connectivity index (χ4n) is 3.41. The standard InChI is InChI=1S/C24H23N3O7S2/c1-32-16-6-9-18-20(14-16)26-23(27-24(18)28)19-10-11-21(33-12-13-34-36(3,30)31)22(25-19)15-4-7-17(8-5-15)35(2)29/h4-11,14H,12-13H2,1-3H3,(H,26,27,28). The summed E-state index contributed by atoms with van der Waals surface area (Å²) in [5.41, 5.74) is 1.59. The molecule has 4 aromatic rings. The van der Waals surface area contributed by atoms with Gasteiger partial charge in [-0.25, -0.2) is 9.97 Å². The van der Waals surface area contributed by atoms with Gasteiger partial charge in [0.05, 0.1) is 24.3 Å². The van der Waals surface area contributed by atoms with E-state index in [2.05, 4.69) is 15.0 Å². The molecule has 0 saturated heterocycles. The molecule has 1 unspecified atom stereocenters. The molecule has 12 heteroatoms. The number of benzene rings is 2.